The molecule has 1 aromatic carbocycles. The fourth-order valence-corrected chi connectivity index (χ4v) is 3.42. The third-order valence-corrected chi connectivity index (χ3v) is 4.99. The predicted octanol–water partition coefficient (Wildman–Crippen LogP) is 2.64. The van der Waals surface area contributed by atoms with Crippen molar-refractivity contribution in [1.82, 2.24) is 20.3 Å². The summed E-state index contributed by atoms with van der Waals surface area (Å²) in [6.07, 6.45) is 2.47. The van der Waals surface area contributed by atoms with E-state index in [0.717, 1.165) is 75.4 Å². The van der Waals surface area contributed by atoms with Gasteiger partial charge in [0.25, 0.3) is 0 Å². The van der Waals surface area contributed by atoms with Crippen LogP contribution in [0.1, 0.15) is 18.2 Å². The maximum atomic E-state index is 5.39. The topological polar surface area (TPSA) is 75.4 Å². The Morgan fingerprint density at radius 1 is 1.13 bits per heavy atom. The predicted molar refractivity (Wildman–Crippen MR) is 128 cm³/mol. The summed E-state index contributed by atoms with van der Waals surface area (Å²) in [5.41, 5.74) is 2.16. The van der Waals surface area contributed by atoms with Crippen LogP contribution in [0.25, 0.3) is 0 Å². The fourth-order valence-electron chi connectivity index (χ4n) is 3.42. The van der Waals surface area contributed by atoms with Gasteiger partial charge in [0.1, 0.15) is 6.26 Å². The highest BCUT2D eigenvalue weighted by atomic mass is 127. The second-order valence-electron chi connectivity index (χ2n) is 6.93. The van der Waals surface area contributed by atoms with Crippen LogP contribution in [-0.2, 0) is 13.0 Å². The van der Waals surface area contributed by atoms with Crippen molar-refractivity contribution in [3.05, 3.63) is 41.8 Å². The third kappa shape index (κ3) is 6.76. The second kappa shape index (κ2) is 12.6. The highest BCUT2D eigenvalue weighted by Crippen LogP contribution is 2.27. The molecule has 30 heavy (non-hydrogen) atoms. The highest BCUT2D eigenvalue weighted by Gasteiger charge is 2.20. The highest BCUT2D eigenvalue weighted by molar-refractivity contribution is 14.0. The normalized spacial score (nSPS) is 14.9. The summed E-state index contributed by atoms with van der Waals surface area (Å²) < 4.78 is 15.6. The average molecular weight is 529 g/mol. The first-order chi connectivity index (χ1) is 14.2. The minimum Gasteiger partial charge on any atom is -0.493 e. The van der Waals surface area contributed by atoms with Crippen molar-refractivity contribution in [2.75, 3.05) is 53.5 Å². The number of hydrogen-bond donors (Lipinski definition) is 1. The van der Waals surface area contributed by atoms with E-state index in [1.165, 1.54) is 5.56 Å². The van der Waals surface area contributed by atoms with Crippen molar-refractivity contribution in [1.29, 1.82) is 0 Å². The van der Waals surface area contributed by atoms with Gasteiger partial charge in [0, 0.05) is 51.9 Å². The van der Waals surface area contributed by atoms with Gasteiger partial charge in [-0.3, -0.25) is 9.89 Å². The van der Waals surface area contributed by atoms with Gasteiger partial charge in [-0.1, -0.05) is 11.2 Å². The molecule has 1 aliphatic rings. The number of hydrogen-bond acceptors (Lipinski definition) is 6. The first kappa shape index (κ1) is 24.3. The summed E-state index contributed by atoms with van der Waals surface area (Å²) in [5, 5.41) is 7.43. The number of piperazine rings is 1. The number of aliphatic imine (C=N–C) groups is 1. The molecule has 1 fully saturated rings. The van der Waals surface area contributed by atoms with Crippen LogP contribution >= 0.6 is 24.0 Å². The van der Waals surface area contributed by atoms with Gasteiger partial charge in [0.05, 0.1) is 19.9 Å². The number of ether oxygens (including phenoxy) is 2. The van der Waals surface area contributed by atoms with E-state index in [1.807, 2.05) is 18.2 Å². The smallest absolute Gasteiger partial charge is 0.194 e. The Bertz CT molecular complexity index is 777. The molecule has 0 unspecified atom stereocenters. The van der Waals surface area contributed by atoms with E-state index in [-0.39, 0.29) is 24.0 Å². The molecule has 0 atom stereocenters. The summed E-state index contributed by atoms with van der Waals surface area (Å²) in [6.45, 7) is 8.35. The van der Waals surface area contributed by atoms with Crippen LogP contribution in [0.5, 0.6) is 11.5 Å². The van der Waals surface area contributed by atoms with Gasteiger partial charge >= 0.3 is 0 Å². The number of aromatic nitrogens is 1. The second-order valence-corrected chi connectivity index (χ2v) is 6.93. The summed E-state index contributed by atoms with van der Waals surface area (Å²) in [7, 11) is 3.31. The van der Waals surface area contributed by atoms with Gasteiger partial charge in [-0.15, -0.1) is 24.0 Å². The molecule has 0 bridgehead atoms. The van der Waals surface area contributed by atoms with E-state index in [2.05, 4.69) is 33.3 Å². The molecule has 166 valence electrons. The average Bonchev–Trinajstić information content (AvgIpc) is 3.26. The number of methoxy groups -OCH3 is 2. The van der Waals surface area contributed by atoms with E-state index in [0.29, 0.717) is 0 Å². The Balaban J connectivity index is 0.00000320. The Hall–Kier alpha value is -2.01. The van der Waals surface area contributed by atoms with E-state index in [9.17, 15) is 0 Å². The molecule has 3 rings (SSSR count). The molecular weight excluding hydrogens is 497 g/mol. The van der Waals surface area contributed by atoms with Gasteiger partial charge < -0.3 is 24.2 Å². The van der Waals surface area contributed by atoms with Crippen molar-refractivity contribution >= 4 is 29.9 Å². The van der Waals surface area contributed by atoms with Crippen LogP contribution in [0.15, 0.2) is 40.0 Å². The number of rotatable bonds is 8. The lowest BCUT2D eigenvalue weighted by molar-refractivity contribution is 0.169. The summed E-state index contributed by atoms with van der Waals surface area (Å²) in [5.74, 6) is 2.48. The van der Waals surface area contributed by atoms with Gasteiger partial charge in [-0.05, 0) is 31.0 Å². The van der Waals surface area contributed by atoms with Crippen LogP contribution in [0.4, 0.5) is 0 Å². The Morgan fingerprint density at radius 2 is 1.90 bits per heavy atom. The lowest BCUT2D eigenvalue weighted by Gasteiger charge is -2.36. The largest absolute Gasteiger partial charge is 0.493 e. The Morgan fingerprint density at radius 3 is 2.53 bits per heavy atom. The lowest BCUT2D eigenvalue weighted by atomic mass is 10.1. The molecule has 1 aliphatic heterocycles. The minimum absolute atomic E-state index is 0. The number of benzene rings is 1. The molecule has 0 aliphatic carbocycles. The molecule has 2 aromatic rings. The molecule has 0 radical (unpaired) electrons. The van der Waals surface area contributed by atoms with E-state index in [4.69, 9.17) is 19.0 Å². The Labute approximate surface area is 195 Å². The zero-order chi connectivity index (χ0) is 20.5. The molecule has 8 nitrogen and oxygen atoms in total. The van der Waals surface area contributed by atoms with Crippen LogP contribution in [-0.4, -0.2) is 74.4 Å². The maximum absolute atomic E-state index is 5.39. The van der Waals surface area contributed by atoms with Crippen LogP contribution < -0.4 is 14.8 Å². The monoisotopic (exact) mass is 529 g/mol. The molecule has 1 aromatic heterocycles. The van der Waals surface area contributed by atoms with E-state index >= 15 is 0 Å². The lowest BCUT2D eigenvalue weighted by Crippen LogP contribution is -2.52. The van der Waals surface area contributed by atoms with Gasteiger partial charge in [0.2, 0.25) is 0 Å². The minimum atomic E-state index is 0. The number of guanidine groups is 1. The molecule has 1 saturated heterocycles. The summed E-state index contributed by atoms with van der Waals surface area (Å²) in [6, 6.07) is 7.94. The SMILES string of the molecule is CCNC(=NCCc1ccc(OC)c(OC)c1)N1CCN(Cc2ccon2)CC1.I. The zero-order valence-corrected chi connectivity index (χ0v) is 20.3. The van der Waals surface area contributed by atoms with Gasteiger partial charge in [-0.25, -0.2) is 0 Å². The number of halogens is 1. The summed E-state index contributed by atoms with van der Waals surface area (Å²) >= 11 is 0. The third-order valence-electron chi connectivity index (χ3n) is 4.99. The first-order valence-corrected chi connectivity index (χ1v) is 10.1. The molecule has 9 heteroatoms. The first-order valence-electron chi connectivity index (χ1n) is 10.1. The van der Waals surface area contributed by atoms with E-state index in [1.54, 1.807) is 20.5 Å². The van der Waals surface area contributed by atoms with Crippen molar-refractivity contribution in [2.45, 2.75) is 19.9 Å². The molecule has 0 spiro atoms. The Kier molecular flexibility index (Phi) is 10.2. The van der Waals surface area contributed by atoms with Crippen molar-refractivity contribution in [3.8, 4) is 11.5 Å². The number of nitrogens with zero attached hydrogens (tertiary/aromatic N) is 4. The van der Waals surface area contributed by atoms with Gasteiger partial charge in [-0.2, -0.15) is 0 Å². The standard InChI is InChI=1S/C21H31N5O3.HI/c1-4-22-21(23-9-7-17-5-6-19(27-2)20(15-17)28-3)26-12-10-25(11-13-26)16-18-8-14-29-24-18;/h5-6,8,14-15H,4,7,9-13,16H2,1-3H3,(H,22,23);1H. The molecule has 0 saturated carbocycles. The van der Waals surface area contributed by atoms with Crippen molar-refractivity contribution in [3.63, 3.8) is 0 Å². The number of nitrogens with one attached hydrogen (secondary N) is 1. The van der Waals surface area contributed by atoms with E-state index < -0.39 is 0 Å². The molecule has 2 heterocycles. The fraction of sp³-hybridized carbons (Fsp3) is 0.524. The van der Waals surface area contributed by atoms with Crippen LogP contribution in [0.2, 0.25) is 0 Å². The van der Waals surface area contributed by atoms with Gasteiger partial charge in [0.15, 0.2) is 17.5 Å². The quantitative estimate of drug-likeness (QED) is 0.320. The van der Waals surface area contributed by atoms with Crippen molar-refractivity contribution in [2.24, 2.45) is 4.99 Å². The molecular formula is C21H32IN5O3. The van der Waals surface area contributed by atoms with Crippen molar-refractivity contribution < 1.29 is 14.0 Å². The summed E-state index contributed by atoms with van der Waals surface area (Å²) in [4.78, 5) is 9.57. The molecule has 1 N–H and O–H groups in total. The zero-order valence-electron chi connectivity index (χ0n) is 18.0. The molecule has 0 amide bonds. The maximum Gasteiger partial charge on any atom is 0.194 e. The van der Waals surface area contributed by atoms with Crippen LogP contribution in [0.3, 0.4) is 0 Å². The van der Waals surface area contributed by atoms with Crippen LogP contribution in [0, 0.1) is 0 Å².